The van der Waals surface area contributed by atoms with Gasteiger partial charge in [0.25, 0.3) is 0 Å². The van der Waals surface area contributed by atoms with Crippen LogP contribution >= 0.6 is 0 Å². The summed E-state index contributed by atoms with van der Waals surface area (Å²) in [6, 6.07) is 0. The van der Waals surface area contributed by atoms with Gasteiger partial charge in [-0.1, -0.05) is 5.21 Å². The molecule has 0 aliphatic rings. The number of hydrogen-bond donors (Lipinski definition) is 1. The minimum absolute atomic E-state index is 0.0278. The summed E-state index contributed by atoms with van der Waals surface area (Å²) in [5.41, 5.74) is 0.622. The van der Waals surface area contributed by atoms with E-state index < -0.39 is 0 Å². The van der Waals surface area contributed by atoms with E-state index in [1.807, 2.05) is 6.92 Å². The van der Waals surface area contributed by atoms with Crippen LogP contribution in [0.3, 0.4) is 0 Å². The Morgan fingerprint density at radius 2 is 2.56 bits per heavy atom. The van der Waals surface area contributed by atoms with Gasteiger partial charge < -0.3 is 5.11 Å². The second kappa shape index (κ2) is 2.59. The highest BCUT2D eigenvalue weighted by Crippen LogP contribution is 1.90. The lowest BCUT2D eigenvalue weighted by atomic mass is 10.5. The second-order valence-corrected chi connectivity index (χ2v) is 1.72. The molecule has 4 nitrogen and oxygen atoms in total. The predicted octanol–water partition coefficient (Wildman–Crippen LogP) is -0.210. The first-order valence-electron chi connectivity index (χ1n) is 2.86. The van der Waals surface area contributed by atoms with E-state index in [1.54, 1.807) is 10.9 Å². The minimum atomic E-state index is -0.0278. The van der Waals surface area contributed by atoms with Crippen LogP contribution < -0.4 is 0 Å². The third-order valence-electron chi connectivity index (χ3n) is 1.07. The largest absolute Gasteiger partial charge is 0.390 e. The van der Waals surface area contributed by atoms with Crippen LogP contribution in [0.25, 0.3) is 0 Å². The number of hydrogen-bond acceptors (Lipinski definition) is 3. The van der Waals surface area contributed by atoms with Gasteiger partial charge in [-0.3, -0.25) is 4.68 Å². The monoisotopic (exact) mass is 127 g/mol. The predicted molar refractivity (Wildman–Crippen MR) is 31.6 cm³/mol. The fourth-order valence-electron chi connectivity index (χ4n) is 0.566. The van der Waals surface area contributed by atoms with E-state index in [4.69, 9.17) is 5.11 Å². The van der Waals surface area contributed by atoms with Crippen molar-refractivity contribution >= 4 is 0 Å². The Morgan fingerprint density at radius 3 is 2.89 bits per heavy atom. The summed E-state index contributed by atoms with van der Waals surface area (Å²) in [4.78, 5) is 0. The molecule has 0 aliphatic carbocycles. The molecule has 0 unspecified atom stereocenters. The molecule has 0 saturated carbocycles. The van der Waals surface area contributed by atoms with Crippen LogP contribution in [0, 0.1) is 0 Å². The number of aliphatic hydroxyl groups excluding tert-OH is 1. The van der Waals surface area contributed by atoms with Crippen LogP contribution in [-0.4, -0.2) is 20.1 Å². The van der Waals surface area contributed by atoms with Crippen LogP contribution in [0.2, 0.25) is 0 Å². The van der Waals surface area contributed by atoms with E-state index in [-0.39, 0.29) is 6.61 Å². The molecule has 50 valence electrons. The highest BCUT2D eigenvalue weighted by atomic mass is 16.3. The minimum Gasteiger partial charge on any atom is -0.390 e. The molecule has 0 spiro atoms. The van der Waals surface area contributed by atoms with Gasteiger partial charge in [0.15, 0.2) is 0 Å². The van der Waals surface area contributed by atoms with E-state index in [0.717, 1.165) is 6.54 Å². The third kappa shape index (κ3) is 1.26. The van der Waals surface area contributed by atoms with Crippen molar-refractivity contribution in [2.24, 2.45) is 0 Å². The highest BCUT2D eigenvalue weighted by Gasteiger charge is 1.93. The second-order valence-electron chi connectivity index (χ2n) is 1.72. The number of aromatic nitrogens is 3. The van der Waals surface area contributed by atoms with Crippen molar-refractivity contribution in [3.63, 3.8) is 0 Å². The zero-order chi connectivity index (χ0) is 6.69. The molecule has 1 aromatic heterocycles. The standard InChI is InChI=1S/C5H9N3O/c1-2-8-3-5(4-9)6-7-8/h3,9H,2,4H2,1H3. The summed E-state index contributed by atoms with van der Waals surface area (Å²) in [6.45, 7) is 2.74. The third-order valence-corrected chi connectivity index (χ3v) is 1.07. The number of aliphatic hydroxyl groups is 1. The van der Waals surface area contributed by atoms with E-state index in [1.165, 1.54) is 0 Å². The summed E-state index contributed by atoms with van der Waals surface area (Å²) in [6.07, 6.45) is 1.72. The number of aryl methyl sites for hydroxylation is 1. The van der Waals surface area contributed by atoms with Crippen molar-refractivity contribution in [2.45, 2.75) is 20.1 Å². The first-order valence-corrected chi connectivity index (χ1v) is 2.86. The van der Waals surface area contributed by atoms with Crippen LogP contribution in [0.5, 0.6) is 0 Å². The SMILES string of the molecule is CCn1cc(CO)nn1. The topological polar surface area (TPSA) is 50.9 Å². The lowest BCUT2D eigenvalue weighted by Crippen LogP contribution is -1.93. The highest BCUT2D eigenvalue weighted by molar-refractivity contribution is 4.88. The van der Waals surface area contributed by atoms with Gasteiger partial charge in [-0.15, -0.1) is 5.10 Å². The molecule has 0 amide bonds. The smallest absolute Gasteiger partial charge is 0.108 e. The maximum absolute atomic E-state index is 8.53. The molecule has 0 aromatic carbocycles. The van der Waals surface area contributed by atoms with Crippen LogP contribution in [0.15, 0.2) is 6.20 Å². The Bertz CT molecular complexity index is 166. The first-order chi connectivity index (χ1) is 4.36. The molecular formula is C5H9N3O. The Labute approximate surface area is 53.1 Å². The molecule has 9 heavy (non-hydrogen) atoms. The zero-order valence-electron chi connectivity index (χ0n) is 5.28. The maximum Gasteiger partial charge on any atom is 0.108 e. The maximum atomic E-state index is 8.53. The van der Waals surface area contributed by atoms with Gasteiger partial charge in [0.05, 0.1) is 12.8 Å². The van der Waals surface area contributed by atoms with Crippen molar-refractivity contribution in [3.05, 3.63) is 11.9 Å². The fraction of sp³-hybridized carbons (Fsp3) is 0.600. The average Bonchev–Trinajstić information content (AvgIpc) is 2.34. The Morgan fingerprint density at radius 1 is 1.78 bits per heavy atom. The summed E-state index contributed by atoms with van der Waals surface area (Å²) in [5, 5.41) is 15.9. The van der Waals surface area contributed by atoms with Crippen molar-refractivity contribution in [2.75, 3.05) is 0 Å². The number of rotatable bonds is 2. The molecule has 0 saturated heterocycles. The van der Waals surface area contributed by atoms with E-state index in [9.17, 15) is 0 Å². The zero-order valence-corrected chi connectivity index (χ0v) is 5.28. The van der Waals surface area contributed by atoms with Gasteiger partial charge in [0, 0.05) is 6.54 Å². The van der Waals surface area contributed by atoms with E-state index in [0.29, 0.717) is 5.69 Å². The molecular weight excluding hydrogens is 118 g/mol. The van der Waals surface area contributed by atoms with E-state index in [2.05, 4.69) is 10.3 Å². The molecule has 0 bridgehead atoms. The van der Waals surface area contributed by atoms with Crippen LogP contribution in [-0.2, 0) is 13.2 Å². The first kappa shape index (κ1) is 6.22. The van der Waals surface area contributed by atoms with Gasteiger partial charge in [-0.2, -0.15) is 0 Å². The van der Waals surface area contributed by atoms with Crippen LogP contribution in [0.1, 0.15) is 12.6 Å². The molecule has 4 heteroatoms. The summed E-state index contributed by atoms with van der Waals surface area (Å²) >= 11 is 0. The molecule has 1 heterocycles. The average molecular weight is 127 g/mol. The normalized spacial score (nSPS) is 10.0. The van der Waals surface area contributed by atoms with Gasteiger partial charge in [-0.25, -0.2) is 0 Å². The fourth-order valence-corrected chi connectivity index (χ4v) is 0.566. The Hall–Kier alpha value is -0.900. The summed E-state index contributed by atoms with van der Waals surface area (Å²) in [7, 11) is 0. The van der Waals surface area contributed by atoms with Crippen molar-refractivity contribution in [1.82, 2.24) is 15.0 Å². The molecule has 1 aromatic rings. The van der Waals surface area contributed by atoms with Gasteiger partial charge in [-0.05, 0) is 6.92 Å². The number of nitrogens with zero attached hydrogens (tertiary/aromatic N) is 3. The molecule has 0 radical (unpaired) electrons. The van der Waals surface area contributed by atoms with Crippen molar-refractivity contribution in [3.8, 4) is 0 Å². The molecule has 0 fully saturated rings. The molecule has 1 N–H and O–H groups in total. The lowest BCUT2D eigenvalue weighted by molar-refractivity contribution is 0.276. The van der Waals surface area contributed by atoms with Crippen molar-refractivity contribution < 1.29 is 5.11 Å². The summed E-state index contributed by atoms with van der Waals surface area (Å²) < 4.78 is 1.67. The molecule has 0 atom stereocenters. The van der Waals surface area contributed by atoms with Gasteiger partial charge >= 0.3 is 0 Å². The Balaban J connectivity index is 2.74. The quantitative estimate of drug-likeness (QED) is 0.598. The summed E-state index contributed by atoms with van der Waals surface area (Å²) in [5.74, 6) is 0. The lowest BCUT2D eigenvalue weighted by Gasteiger charge is -1.86. The van der Waals surface area contributed by atoms with Crippen LogP contribution in [0.4, 0.5) is 0 Å². The van der Waals surface area contributed by atoms with Gasteiger partial charge in [0.2, 0.25) is 0 Å². The van der Waals surface area contributed by atoms with Crippen molar-refractivity contribution in [1.29, 1.82) is 0 Å². The van der Waals surface area contributed by atoms with E-state index >= 15 is 0 Å². The van der Waals surface area contributed by atoms with Gasteiger partial charge in [0.1, 0.15) is 5.69 Å². The molecule has 1 rings (SSSR count). The molecule has 0 aliphatic heterocycles. The Kier molecular flexibility index (Phi) is 1.79.